The van der Waals surface area contributed by atoms with Crippen molar-refractivity contribution >= 4 is 17.0 Å². The molecule has 1 saturated carbocycles. The summed E-state index contributed by atoms with van der Waals surface area (Å²) in [4.78, 5) is 17.9. The predicted octanol–water partition coefficient (Wildman–Crippen LogP) is 4.96. The molecule has 3 aromatic rings. The van der Waals surface area contributed by atoms with Crippen LogP contribution in [0.2, 0.25) is 0 Å². The molecule has 1 aromatic carbocycles. The van der Waals surface area contributed by atoms with Crippen molar-refractivity contribution in [2.24, 2.45) is 5.92 Å². The summed E-state index contributed by atoms with van der Waals surface area (Å²) < 4.78 is 54.7. The molecule has 0 amide bonds. The van der Waals surface area contributed by atoms with Crippen LogP contribution in [0.5, 0.6) is 5.88 Å². The Labute approximate surface area is 226 Å². The first-order chi connectivity index (χ1) is 19.1. The van der Waals surface area contributed by atoms with Gasteiger partial charge in [0.1, 0.15) is 12.5 Å². The average Bonchev–Trinajstić information content (AvgIpc) is 3.62. The van der Waals surface area contributed by atoms with E-state index in [1.807, 2.05) is 4.90 Å². The Morgan fingerprint density at radius 2 is 1.77 bits per heavy atom. The third kappa shape index (κ3) is 5.56. The summed E-state index contributed by atoms with van der Waals surface area (Å²) in [5.74, 6) is 1.10. The van der Waals surface area contributed by atoms with Crippen molar-refractivity contribution in [2.75, 3.05) is 51.0 Å². The zero-order chi connectivity index (χ0) is 26.8. The van der Waals surface area contributed by atoms with Crippen LogP contribution < -0.4 is 9.64 Å². The molecule has 0 radical (unpaired) electrons. The Kier molecular flexibility index (Phi) is 7.87. The minimum atomic E-state index is -2.77. The standard InChI is InChI=1S/C28H35F3N6O2/c29-17-21-4-3-11-36(21)20-9-7-19(8-10-20)18-39-25-16-24(33-28(34-25)35-12-14-38-15-13-35)37-23-6-2-1-5-22(23)32-27(37)26(30)31/h1-2,5-6,16,19-21,26H,3-4,7-15,17-18H2/t19-,20-,21-/m0/s1. The fraction of sp³-hybridized carbons (Fsp3) is 0.607. The second-order valence-electron chi connectivity index (χ2n) is 10.7. The monoisotopic (exact) mass is 544 g/mol. The number of morpholine rings is 1. The van der Waals surface area contributed by atoms with Crippen molar-refractivity contribution in [2.45, 2.75) is 57.0 Å². The number of hydrogen-bond donors (Lipinski definition) is 0. The summed E-state index contributed by atoms with van der Waals surface area (Å²) in [5.41, 5.74) is 1.03. The van der Waals surface area contributed by atoms with E-state index in [0.29, 0.717) is 73.5 Å². The van der Waals surface area contributed by atoms with Crippen molar-refractivity contribution in [1.29, 1.82) is 0 Å². The predicted molar refractivity (Wildman–Crippen MR) is 142 cm³/mol. The van der Waals surface area contributed by atoms with Gasteiger partial charge in [-0.25, -0.2) is 18.2 Å². The fourth-order valence-electron chi connectivity index (χ4n) is 6.28. The zero-order valence-corrected chi connectivity index (χ0v) is 22.0. The highest BCUT2D eigenvalue weighted by molar-refractivity contribution is 5.78. The van der Waals surface area contributed by atoms with Gasteiger partial charge in [-0.3, -0.25) is 9.47 Å². The number of hydrogen-bond acceptors (Lipinski definition) is 7. The van der Waals surface area contributed by atoms with Crippen LogP contribution in [0.4, 0.5) is 19.1 Å². The van der Waals surface area contributed by atoms with Gasteiger partial charge in [0.05, 0.1) is 30.9 Å². The Morgan fingerprint density at radius 3 is 2.54 bits per heavy atom. The van der Waals surface area contributed by atoms with Gasteiger partial charge in [-0.05, 0) is 63.1 Å². The van der Waals surface area contributed by atoms with Crippen LogP contribution in [0.25, 0.3) is 16.9 Å². The first kappa shape index (κ1) is 26.3. The maximum absolute atomic E-state index is 14.1. The molecule has 210 valence electrons. The number of likely N-dealkylation sites (tertiary alicyclic amines) is 1. The van der Waals surface area contributed by atoms with Gasteiger partial charge in [0.2, 0.25) is 11.8 Å². The molecule has 39 heavy (non-hydrogen) atoms. The second-order valence-corrected chi connectivity index (χ2v) is 10.7. The normalized spacial score (nSPS) is 24.6. The summed E-state index contributed by atoms with van der Waals surface area (Å²) in [6.45, 7) is 3.53. The minimum Gasteiger partial charge on any atom is -0.477 e. The number of para-hydroxylation sites is 2. The van der Waals surface area contributed by atoms with Crippen LogP contribution in [0, 0.1) is 5.92 Å². The van der Waals surface area contributed by atoms with E-state index in [0.717, 1.165) is 45.1 Å². The topological polar surface area (TPSA) is 68.5 Å². The van der Waals surface area contributed by atoms with Crippen molar-refractivity contribution in [3.63, 3.8) is 0 Å². The van der Waals surface area contributed by atoms with E-state index in [-0.39, 0.29) is 18.5 Å². The van der Waals surface area contributed by atoms with E-state index in [1.54, 1.807) is 30.3 Å². The van der Waals surface area contributed by atoms with E-state index in [4.69, 9.17) is 9.47 Å². The number of imidazole rings is 1. The first-order valence-electron chi connectivity index (χ1n) is 14.0. The molecule has 2 saturated heterocycles. The number of aromatic nitrogens is 4. The van der Waals surface area contributed by atoms with Crippen molar-refractivity contribution < 1.29 is 22.6 Å². The number of anilines is 1. The number of benzene rings is 1. The Morgan fingerprint density at radius 1 is 0.974 bits per heavy atom. The smallest absolute Gasteiger partial charge is 0.296 e. The minimum absolute atomic E-state index is 0.0817. The number of rotatable bonds is 8. The molecular weight excluding hydrogens is 509 g/mol. The molecule has 1 aliphatic carbocycles. The molecule has 0 unspecified atom stereocenters. The van der Waals surface area contributed by atoms with Crippen molar-refractivity contribution in [1.82, 2.24) is 24.4 Å². The van der Waals surface area contributed by atoms with Crippen molar-refractivity contribution in [3.05, 3.63) is 36.2 Å². The lowest BCUT2D eigenvalue weighted by molar-refractivity contribution is 0.0954. The summed E-state index contributed by atoms with van der Waals surface area (Å²) in [5, 5.41) is 0. The highest BCUT2D eigenvalue weighted by Gasteiger charge is 2.33. The summed E-state index contributed by atoms with van der Waals surface area (Å²) in [7, 11) is 0. The maximum Gasteiger partial charge on any atom is 0.296 e. The molecule has 3 aliphatic rings. The molecule has 0 bridgehead atoms. The molecule has 3 fully saturated rings. The Hall–Kier alpha value is -2.92. The molecule has 11 heteroatoms. The van der Waals surface area contributed by atoms with Crippen molar-refractivity contribution in [3.8, 4) is 11.7 Å². The molecule has 0 spiro atoms. The third-order valence-electron chi connectivity index (χ3n) is 8.34. The lowest BCUT2D eigenvalue weighted by atomic mass is 9.85. The molecule has 6 rings (SSSR count). The van der Waals surface area contributed by atoms with E-state index < -0.39 is 6.43 Å². The van der Waals surface area contributed by atoms with E-state index in [1.165, 1.54) is 4.57 Å². The quantitative estimate of drug-likeness (QED) is 0.397. The Balaban J connectivity index is 1.23. The van der Waals surface area contributed by atoms with Crippen LogP contribution in [-0.2, 0) is 4.74 Å². The maximum atomic E-state index is 14.1. The van der Waals surface area contributed by atoms with Crippen LogP contribution in [0.15, 0.2) is 30.3 Å². The van der Waals surface area contributed by atoms with E-state index >= 15 is 0 Å². The zero-order valence-electron chi connectivity index (χ0n) is 22.0. The number of halogens is 3. The average molecular weight is 545 g/mol. The van der Waals surface area contributed by atoms with E-state index in [2.05, 4.69) is 19.9 Å². The molecule has 8 nitrogen and oxygen atoms in total. The van der Waals surface area contributed by atoms with Gasteiger partial charge in [0, 0.05) is 31.2 Å². The van der Waals surface area contributed by atoms with Gasteiger partial charge >= 0.3 is 0 Å². The van der Waals surface area contributed by atoms with Gasteiger partial charge in [-0.15, -0.1) is 0 Å². The molecule has 2 aromatic heterocycles. The van der Waals surface area contributed by atoms with Gasteiger partial charge in [-0.1, -0.05) is 12.1 Å². The molecule has 4 heterocycles. The number of ether oxygens (including phenoxy) is 2. The summed E-state index contributed by atoms with van der Waals surface area (Å²) >= 11 is 0. The first-order valence-corrected chi connectivity index (χ1v) is 14.0. The number of alkyl halides is 3. The lowest BCUT2D eigenvalue weighted by Crippen LogP contribution is -2.42. The molecular formula is C28H35F3N6O2. The molecule has 1 atom stereocenters. The van der Waals surface area contributed by atoms with Crippen LogP contribution in [-0.4, -0.2) is 82.6 Å². The number of fused-ring (bicyclic) bond motifs is 1. The van der Waals surface area contributed by atoms with Gasteiger partial charge in [0.25, 0.3) is 6.43 Å². The SMILES string of the molecule is FC[C@@H]1CCCN1[C@H]1CC[C@H](COc2cc(-n3c(C(F)F)nc4ccccc43)nc(N3CCOCC3)n2)CC1. The fourth-order valence-corrected chi connectivity index (χ4v) is 6.28. The lowest BCUT2D eigenvalue weighted by Gasteiger charge is -2.37. The van der Waals surface area contributed by atoms with Crippen LogP contribution in [0.1, 0.15) is 50.8 Å². The third-order valence-corrected chi connectivity index (χ3v) is 8.34. The van der Waals surface area contributed by atoms with Gasteiger partial charge < -0.3 is 14.4 Å². The molecule has 0 N–H and O–H groups in total. The van der Waals surface area contributed by atoms with Gasteiger partial charge in [-0.2, -0.15) is 9.97 Å². The summed E-state index contributed by atoms with van der Waals surface area (Å²) in [6, 6.07) is 9.21. The second kappa shape index (κ2) is 11.7. The summed E-state index contributed by atoms with van der Waals surface area (Å²) in [6.07, 6.45) is 3.37. The van der Waals surface area contributed by atoms with Gasteiger partial charge in [0.15, 0.2) is 5.82 Å². The number of nitrogens with zero attached hydrogens (tertiary/aromatic N) is 6. The largest absolute Gasteiger partial charge is 0.477 e. The van der Waals surface area contributed by atoms with Crippen LogP contribution in [0.3, 0.4) is 0 Å². The van der Waals surface area contributed by atoms with E-state index in [9.17, 15) is 13.2 Å². The van der Waals surface area contributed by atoms with Crippen LogP contribution >= 0.6 is 0 Å². The Bertz CT molecular complexity index is 1260. The highest BCUT2D eigenvalue weighted by atomic mass is 19.3. The highest BCUT2D eigenvalue weighted by Crippen LogP contribution is 2.33. The molecule has 2 aliphatic heterocycles.